The molecule has 0 bridgehead atoms. The number of aliphatic hydroxyl groups excluding tert-OH is 1. The molecule has 2 atom stereocenters. The number of fused-ring (bicyclic) bond motifs is 3. The summed E-state index contributed by atoms with van der Waals surface area (Å²) in [6.45, 7) is -1.20. The Morgan fingerprint density at radius 2 is 2.00 bits per heavy atom. The molecule has 2 N–H and O–H groups in total. The highest BCUT2D eigenvalue weighted by atomic mass is 19.3. The molecule has 0 saturated carbocycles. The van der Waals surface area contributed by atoms with E-state index in [2.05, 4.69) is 9.97 Å². The number of alkyl halides is 2. The fourth-order valence-electron chi connectivity index (χ4n) is 4.27. The Hall–Kier alpha value is -3.52. The Morgan fingerprint density at radius 1 is 1.19 bits per heavy atom. The molecule has 2 aromatic heterocycles. The van der Waals surface area contributed by atoms with Crippen molar-refractivity contribution in [3.05, 3.63) is 82.0 Å². The Morgan fingerprint density at radius 3 is 2.77 bits per heavy atom. The first kappa shape index (κ1) is 19.4. The molecule has 158 valence electrons. The lowest BCUT2D eigenvalue weighted by Gasteiger charge is -2.19. The minimum Gasteiger partial charge on any atom is -0.434 e. The van der Waals surface area contributed by atoms with Crippen LogP contribution in [0.25, 0.3) is 22.2 Å². The molecule has 0 unspecified atom stereocenters. The van der Waals surface area contributed by atoms with E-state index in [-0.39, 0.29) is 11.3 Å². The summed E-state index contributed by atoms with van der Waals surface area (Å²) >= 11 is 0. The summed E-state index contributed by atoms with van der Waals surface area (Å²) in [5.74, 6) is 0.568. The van der Waals surface area contributed by atoms with E-state index in [4.69, 9.17) is 4.74 Å². The molecule has 2 aromatic carbocycles. The average molecular weight is 423 g/mol. The number of imidazole rings is 1. The largest absolute Gasteiger partial charge is 0.434 e. The van der Waals surface area contributed by atoms with Crippen molar-refractivity contribution in [1.29, 1.82) is 0 Å². The summed E-state index contributed by atoms with van der Waals surface area (Å²) in [7, 11) is 0. The number of hydrogen-bond donors (Lipinski definition) is 2. The monoisotopic (exact) mass is 423 g/mol. The smallest absolute Gasteiger partial charge is 0.387 e. The van der Waals surface area contributed by atoms with Crippen LogP contribution in [0.15, 0.2) is 59.5 Å². The summed E-state index contributed by atoms with van der Waals surface area (Å²) in [5, 5.41) is 10.6. The maximum absolute atomic E-state index is 12.9. The van der Waals surface area contributed by atoms with E-state index in [1.54, 1.807) is 37.4 Å². The van der Waals surface area contributed by atoms with Crippen molar-refractivity contribution in [2.75, 3.05) is 0 Å². The van der Waals surface area contributed by atoms with E-state index in [0.717, 1.165) is 16.6 Å². The van der Waals surface area contributed by atoms with E-state index in [9.17, 15) is 18.7 Å². The SMILES string of the molecule is Cc1cc(-c2ccc3nc4n(c3c2)[C@@H](c2ccccc2OC(F)F)C[C@H]4O)c[nH]c1=O. The molecular formula is C23H19F2N3O3. The van der Waals surface area contributed by atoms with Gasteiger partial charge in [0.2, 0.25) is 0 Å². The lowest BCUT2D eigenvalue weighted by atomic mass is 10.0. The Labute approximate surface area is 175 Å². The van der Waals surface area contributed by atoms with Gasteiger partial charge in [0, 0.05) is 23.7 Å². The molecule has 1 aliphatic heterocycles. The summed E-state index contributed by atoms with van der Waals surface area (Å²) < 4.78 is 32.5. The van der Waals surface area contributed by atoms with E-state index in [0.29, 0.717) is 28.9 Å². The molecule has 3 heterocycles. The second-order valence-corrected chi connectivity index (χ2v) is 7.63. The number of pyridine rings is 1. The predicted molar refractivity (Wildman–Crippen MR) is 111 cm³/mol. The summed E-state index contributed by atoms with van der Waals surface area (Å²) in [5.41, 5.74) is 4.18. The van der Waals surface area contributed by atoms with Gasteiger partial charge in [-0.15, -0.1) is 0 Å². The predicted octanol–water partition coefficient (Wildman–Crippen LogP) is 4.33. The van der Waals surface area contributed by atoms with Crippen LogP contribution in [0.5, 0.6) is 5.75 Å². The van der Waals surface area contributed by atoms with Crippen LogP contribution in [0.2, 0.25) is 0 Å². The molecule has 0 fully saturated rings. The first-order valence-electron chi connectivity index (χ1n) is 9.86. The number of nitrogens with one attached hydrogen (secondary N) is 1. The van der Waals surface area contributed by atoms with E-state index in [1.807, 2.05) is 22.8 Å². The first-order chi connectivity index (χ1) is 14.9. The molecule has 1 aliphatic rings. The standard InChI is InChI=1S/C23H19F2N3O3/c1-12-8-14(11-26-22(12)30)13-6-7-16-18(9-13)28-17(10-19(29)21(28)27-16)15-4-2-3-5-20(15)31-23(24)25/h2-9,11,17,19,23,29H,10H2,1H3,(H,26,30)/t17-,19-/m1/s1. The number of aryl methyl sites for hydroxylation is 1. The zero-order chi connectivity index (χ0) is 21.7. The summed E-state index contributed by atoms with van der Waals surface area (Å²) in [6.07, 6.45) is 1.13. The molecule has 0 saturated heterocycles. The number of aromatic amines is 1. The van der Waals surface area contributed by atoms with Crippen molar-refractivity contribution in [2.45, 2.75) is 32.1 Å². The average Bonchev–Trinajstić information content (AvgIpc) is 3.27. The molecule has 8 heteroatoms. The Bertz CT molecular complexity index is 1350. The number of ether oxygens (including phenoxy) is 1. The minimum absolute atomic E-state index is 0.0804. The molecule has 5 rings (SSSR count). The number of benzene rings is 2. The summed E-state index contributed by atoms with van der Waals surface area (Å²) in [6, 6.07) is 13.7. The molecule has 0 radical (unpaired) electrons. The van der Waals surface area contributed by atoms with Gasteiger partial charge in [0.25, 0.3) is 5.56 Å². The zero-order valence-electron chi connectivity index (χ0n) is 16.5. The number of nitrogens with zero attached hydrogens (tertiary/aromatic N) is 2. The molecule has 31 heavy (non-hydrogen) atoms. The van der Waals surface area contributed by atoms with E-state index < -0.39 is 18.8 Å². The molecule has 4 aromatic rings. The fraction of sp³-hybridized carbons (Fsp3) is 0.217. The highest BCUT2D eigenvalue weighted by Gasteiger charge is 2.35. The third kappa shape index (κ3) is 3.29. The topological polar surface area (TPSA) is 80.1 Å². The molecule has 6 nitrogen and oxygen atoms in total. The van der Waals surface area contributed by atoms with Crippen molar-refractivity contribution >= 4 is 11.0 Å². The van der Waals surface area contributed by atoms with Gasteiger partial charge in [-0.2, -0.15) is 8.78 Å². The molecule has 0 amide bonds. The van der Waals surface area contributed by atoms with Gasteiger partial charge in [-0.25, -0.2) is 4.98 Å². The maximum atomic E-state index is 12.9. The normalized spacial score (nSPS) is 18.0. The van der Waals surface area contributed by atoms with Crippen LogP contribution in [0, 0.1) is 6.92 Å². The second kappa shape index (κ2) is 7.31. The van der Waals surface area contributed by atoms with Crippen LogP contribution < -0.4 is 10.3 Å². The highest BCUT2D eigenvalue weighted by molar-refractivity contribution is 5.83. The van der Waals surface area contributed by atoms with Gasteiger partial charge < -0.3 is 19.4 Å². The Kier molecular flexibility index (Phi) is 4.59. The van der Waals surface area contributed by atoms with Crippen molar-refractivity contribution in [3.8, 4) is 16.9 Å². The Balaban J connectivity index is 1.66. The van der Waals surface area contributed by atoms with Gasteiger partial charge in [-0.1, -0.05) is 24.3 Å². The maximum Gasteiger partial charge on any atom is 0.387 e. The number of hydrogen-bond acceptors (Lipinski definition) is 4. The number of halogens is 2. The lowest BCUT2D eigenvalue weighted by molar-refractivity contribution is -0.0507. The number of aliphatic hydroxyl groups is 1. The van der Waals surface area contributed by atoms with Crippen LogP contribution >= 0.6 is 0 Å². The highest BCUT2D eigenvalue weighted by Crippen LogP contribution is 2.44. The number of aromatic nitrogens is 3. The number of para-hydroxylation sites is 1. The number of rotatable bonds is 4. The van der Waals surface area contributed by atoms with Gasteiger partial charge in [-0.3, -0.25) is 4.79 Å². The van der Waals surface area contributed by atoms with Crippen molar-refractivity contribution in [1.82, 2.24) is 14.5 Å². The van der Waals surface area contributed by atoms with Gasteiger partial charge in [-0.05, 0) is 42.3 Å². The van der Waals surface area contributed by atoms with Crippen molar-refractivity contribution in [2.24, 2.45) is 0 Å². The number of H-pyrrole nitrogens is 1. The third-order valence-electron chi connectivity index (χ3n) is 5.69. The van der Waals surface area contributed by atoms with Crippen LogP contribution in [0.1, 0.15) is 35.5 Å². The van der Waals surface area contributed by atoms with Gasteiger partial charge in [0.15, 0.2) is 0 Å². The molecule has 0 aliphatic carbocycles. The molecular weight excluding hydrogens is 404 g/mol. The van der Waals surface area contributed by atoms with Gasteiger partial charge in [0.05, 0.1) is 17.1 Å². The van der Waals surface area contributed by atoms with Gasteiger partial charge in [0.1, 0.15) is 17.7 Å². The fourth-order valence-corrected chi connectivity index (χ4v) is 4.27. The van der Waals surface area contributed by atoms with Crippen LogP contribution in [0.4, 0.5) is 8.78 Å². The van der Waals surface area contributed by atoms with Crippen molar-refractivity contribution in [3.63, 3.8) is 0 Å². The van der Waals surface area contributed by atoms with Crippen LogP contribution in [-0.4, -0.2) is 26.3 Å². The van der Waals surface area contributed by atoms with Crippen LogP contribution in [-0.2, 0) is 0 Å². The minimum atomic E-state index is -2.94. The first-order valence-corrected chi connectivity index (χ1v) is 9.86. The summed E-state index contributed by atoms with van der Waals surface area (Å²) in [4.78, 5) is 19.0. The van der Waals surface area contributed by atoms with Gasteiger partial charge >= 0.3 is 6.61 Å². The van der Waals surface area contributed by atoms with Crippen molar-refractivity contribution < 1.29 is 18.6 Å². The second-order valence-electron chi connectivity index (χ2n) is 7.63. The van der Waals surface area contributed by atoms with E-state index >= 15 is 0 Å². The molecule has 0 spiro atoms. The van der Waals surface area contributed by atoms with E-state index in [1.165, 1.54) is 6.07 Å². The lowest BCUT2D eigenvalue weighted by Crippen LogP contribution is -2.10. The third-order valence-corrected chi connectivity index (χ3v) is 5.69. The quantitative estimate of drug-likeness (QED) is 0.512. The van der Waals surface area contributed by atoms with Crippen LogP contribution in [0.3, 0.4) is 0 Å². The zero-order valence-corrected chi connectivity index (χ0v) is 16.5.